The maximum absolute atomic E-state index is 13.6. The third-order valence-electron chi connectivity index (χ3n) is 6.18. The van der Waals surface area contributed by atoms with Crippen LogP contribution in [0.1, 0.15) is 18.0 Å². The van der Waals surface area contributed by atoms with E-state index in [4.69, 9.17) is 16.3 Å². The van der Waals surface area contributed by atoms with E-state index in [-0.39, 0.29) is 29.3 Å². The maximum atomic E-state index is 13.6. The SMILES string of the molecule is C=CC(=O)N1CC[C@@H](n2c(=O)n(-c3ccc(OCc4cc(F)cc(F)c4)c(Cl)c3)c3cnccc32)C1. The first kappa shape index (κ1) is 23.7. The molecule has 7 nitrogen and oxygen atoms in total. The molecular weight excluding hydrogens is 490 g/mol. The lowest BCUT2D eigenvalue weighted by Gasteiger charge is -2.15. The van der Waals surface area contributed by atoms with Crippen LogP contribution in [-0.2, 0) is 11.4 Å². The largest absolute Gasteiger partial charge is 0.487 e. The van der Waals surface area contributed by atoms with E-state index in [0.717, 1.165) is 6.07 Å². The monoisotopic (exact) mass is 510 g/mol. The van der Waals surface area contributed by atoms with Crippen LogP contribution in [0.4, 0.5) is 8.78 Å². The molecule has 1 aliphatic rings. The van der Waals surface area contributed by atoms with Gasteiger partial charge in [-0.2, -0.15) is 0 Å². The molecule has 10 heteroatoms. The van der Waals surface area contributed by atoms with E-state index in [9.17, 15) is 18.4 Å². The van der Waals surface area contributed by atoms with Crippen LogP contribution in [0.15, 0.2) is 72.3 Å². The number of rotatable bonds is 6. The first-order valence-corrected chi connectivity index (χ1v) is 11.6. The van der Waals surface area contributed by atoms with Gasteiger partial charge in [0.1, 0.15) is 24.0 Å². The summed E-state index contributed by atoms with van der Waals surface area (Å²) in [5.41, 5.74) is 1.82. The topological polar surface area (TPSA) is 69.4 Å². The fraction of sp³-hybridized carbons (Fsp3) is 0.192. The number of hydrogen-bond donors (Lipinski definition) is 0. The van der Waals surface area contributed by atoms with Gasteiger partial charge >= 0.3 is 5.69 Å². The van der Waals surface area contributed by atoms with E-state index >= 15 is 0 Å². The predicted molar refractivity (Wildman–Crippen MR) is 131 cm³/mol. The van der Waals surface area contributed by atoms with Crippen molar-refractivity contribution in [1.29, 1.82) is 0 Å². The number of ether oxygens (including phenoxy) is 1. The molecule has 36 heavy (non-hydrogen) atoms. The Balaban J connectivity index is 1.47. The number of halogens is 3. The van der Waals surface area contributed by atoms with E-state index < -0.39 is 11.6 Å². The zero-order chi connectivity index (χ0) is 25.4. The standard InChI is InChI=1S/C26H21ClF2N4O3/c1-2-25(34)31-8-6-20(14-31)33-22-5-7-30-13-23(22)32(26(33)35)19-3-4-24(21(27)12-19)36-15-16-9-17(28)11-18(29)10-16/h2-5,7,9-13,20H,1,6,8,14-15H2/t20-/m1/s1. The van der Waals surface area contributed by atoms with Crippen LogP contribution in [-0.4, -0.2) is 38.0 Å². The molecular formula is C26H21ClF2N4O3. The average Bonchev–Trinajstić information content (AvgIpc) is 3.44. The second-order valence-corrected chi connectivity index (χ2v) is 8.87. The van der Waals surface area contributed by atoms with Gasteiger partial charge in [0.05, 0.1) is 34.0 Å². The van der Waals surface area contributed by atoms with Crippen molar-refractivity contribution in [3.05, 3.63) is 100 Å². The molecule has 0 N–H and O–H groups in total. The van der Waals surface area contributed by atoms with Gasteiger partial charge in [0.15, 0.2) is 0 Å². The maximum Gasteiger partial charge on any atom is 0.334 e. The first-order chi connectivity index (χ1) is 17.4. The Morgan fingerprint density at radius 3 is 2.67 bits per heavy atom. The number of nitrogens with zero attached hydrogens (tertiary/aromatic N) is 4. The molecule has 3 heterocycles. The number of fused-ring (bicyclic) bond motifs is 1. The molecule has 1 aliphatic heterocycles. The normalized spacial score (nSPS) is 15.4. The fourth-order valence-corrected chi connectivity index (χ4v) is 4.78. The quantitative estimate of drug-likeness (QED) is 0.354. The Bertz CT molecular complexity index is 1530. The first-order valence-electron chi connectivity index (χ1n) is 11.2. The van der Waals surface area contributed by atoms with Crippen molar-refractivity contribution in [2.75, 3.05) is 13.1 Å². The minimum Gasteiger partial charge on any atom is -0.487 e. The van der Waals surface area contributed by atoms with E-state index in [1.807, 2.05) is 0 Å². The molecule has 1 fully saturated rings. The molecule has 0 bridgehead atoms. The van der Waals surface area contributed by atoms with Gasteiger partial charge in [0.2, 0.25) is 5.91 Å². The van der Waals surface area contributed by atoms with Gasteiger partial charge in [-0.15, -0.1) is 0 Å². The summed E-state index contributed by atoms with van der Waals surface area (Å²) in [6.07, 6.45) is 5.12. The number of imidazole rings is 1. The Morgan fingerprint density at radius 2 is 1.94 bits per heavy atom. The summed E-state index contributed by atoms with van der Waals surface area (Å²) >= 11 is 6.45. The van der Waals surface area contributed by atoms with E-state index in [0.29, 0.717) is 47.5 Å². The second kappa shape index (κ2) is 9.58. The van der Waals surface area contributed by atoms with E-state index in [2.05, 4.69) is 11.6 Å². The van der Waals surface area contributed by atoms with Crippen molar-refractivity contribution in [2.24, 2.45) is 0 Å². The number of benzene rings is 2. The molecule has 184 valence electrons. The summed E-state index contributed by atoms with van der Waals surface area (Å²) in [5.74, 6) is -1.26. The third kappa shape index (κ3) is 4.37. The lowest BCUT2D eigenvalue weighted by Crippen LogP contribution is -2.31. The second-order valence-electron chi connectivity index (χ2n) is 8.46. The lowest BCUT2D eigenvalue weighted by atomic mass is 10.2. The summed E-state index contributed by atoms with van der Waals surface area (Å²) < 4.78 is 35.7. The molecule has 0 radical (unpaired) electrons. The van der Waals surface area contributed by atoms with Gasteiger partial charge in [-0.05, 0) is 54.5 Å². The Morgan fingerprint density at radius 1 is 1.17 bits per heavy atom. The Hall–Kier alpha value is -3.98. The number of aromatic nitrogens is 3. The smallest absolute Gasteiger partial charge is 0.334 e. The van der Waals surface area contributed by atoms with Crippen LogP contribution in [0.3, 0.4) is 0 Å². The molecule has 2 aromatic heterocycles. The van der Waals surface area contributed by atoms with E-state index in [1.165, 1.54) is 22.8 Å². The molecule has 0 saturated carbocycles. The van der Waals surface area contributed by atoms with E-state index in [1.54, 1.807) is 46.1 Å². The third-order valence-corrected chi connectivity index (χ3v) is 6.48. The van der Waals surface area contributed by atoms with Crippen LogP contribution in [0.25, 0.3) is 16.7 Å². The van der Waals surface area contributed by atoms with Crippen LogP contribution in [0, 0.1) is 11.6 Å². The van der Waals surface area contributed by atoms with Crippen LogP contribution < -0.4 is 10.4 Å². The van der Waals surface area contributed by atoms with Crippen molar-refractivity contribution in [1.82, 2.24) is 19.0 Å². The predicted octanol–water partition coefficient (Wildman–Crippen LogP) is 4.66. The summed E-state index contributed by atoms with van der Waals surface area (Å²) in [5, 5.41) is 0.227. The molecule has 0 aliphatic carbocycles. The number of hydrogen-bond acceptors (Lipinski definition) is 4. The van der Waals surface area contributed by atoms with Gasteiger partial charge in [-0.25, -0.2) is 13.6 Å². The van der Waals surface area contributed by atoms with Crippen LogP contribution >= 0.6 is 11.6 Å². The molecule has 1 atom stereocenters. The fourth-order valence-electron chi connectivity index (χ4n) is 4.55. The van der Waals surface area contributed by atoms with Gasteiger partial charge in [0, 0.05) is 25.4 Å². The highest BCUT2D eigenvalue weighted by molar-refractivity contribution is 6.32. The van der Waals surface area contributed by atoms with Gasteiger partial charge in [-0.1, -0.05) is 18.2 Å². The van der Waals surface area contributed by atoms with Crippen LogP contribution in [0.2, 0.25) is 5.02 Å². The summed E-state index contributed by atoms with van der Waals surface area (Å²) in [4.78, 5) is 31.5. The number of amides is 1. The number of carbonyl (C=O) groups excluding carboxylic acids is 1. The molecule has 1 amide bonds. The Kier molecular flexibility index (Phi) is 6.32. The molecule has 5 rings (SSSR count). The van der Waals surface area contributed by atoms with Crippen molar-refractivity contribution >= 4 is 28.5 Å². The highest BCUT2D eigenvalue weighted by atomic mass is 35.5. The van der Waals surface area contributed by atoms with Crippen molar-refractivity contribution < 1.29 is 18.3 Å². The summed E-state index contributed by atoms with van der Waals surface area (Å²) in [7, 11) is 0. The van der Waals surface area contributed by atoms with Gasteiger partial charge < -0.3 is 9.64 Å². The number of pyridine rings is 1. The molecule has 1 saturated heterocycles. The highest BCUT2D eigenvalue weighted by Crippen LogP contribution is 2.30. The molecule has 2 aromatic carbocycles. The zero-order valence-corrected chi connectivity index (χ0v) is 19.8. The molecule has 0 unspecified atom stereocenters. The average molecular weight is 511 g/mol. The number of likely N-dealkylation sites (tertiary alicyclic amines) is 1. The summed E-state index contributed by atoms with van der Waals surface area (Å²) in [6.45, 7) is 4.39. The van der Waals surface area contributed by atoms with Crippen molar-refractivity contribution in [3.63, 3.8) is 0 Å². The highest BCUT2D eigenvalue weighted by Gasteiger charge is 2.30. The van der Waals surface area contributed by atoms with Gasteiger partial charge in [-0.3, -0.25) is 18.9 Å². The van der Waals surface area contributed by atoms with Crippen molar-refractivity contribution in [3.8, 4) is 11.4 Å². The van der Waals surface area contributed by atoms with Crippen molar-refractivity contribution in [2.45, 2.75) is 19.1 Å². The lowest BCUT2D eigenvalue weighted by molar-refractivity contribution is -0.125. The minimum absolute atomic E-state index is 0.0848. The Labute approximate surface area is 209 Å². The zero-order valence-electron chi connectivity index (χ0n) is 19.0. The van der Waals surface area contributed by atoms with Gasteiger partial charge in [0.25, 0.3) is 0 Å². The van der Waals surface area contributed by atoms with Crippen LogP contribution in [0.5, 0.6) is 5.75 Å². The molecule has 0 spiro atoms. The number of carbonyl (C=O) groups is 1. The minimum atomic E-state index is -0.696. The summed E-state index contributed by atoms with van der Waals surface area (Å²) in [6, 6.07) is 9.57. The molecule has 4 aromatic rings.